The van der Waals surface area contributed by atoms with E-state index < -0.39 is 0 Å². The zero-order chi connectivity index (χ0) is 20.1. The molecule has 5 nitrogen and oxygen atoms in total. The molecular weight excluding hydrogens is 396 g/mol. The summed E-state index contributed by atoms with van der Waals surface area (Å²) in [7, 11) is 1.62. The van der Waals surface area contributed by atoms with Crippen LogP contribution < -0.4 is 5.56 Å². The van der Waals surface area contributed by atoms with Crippen molar-refractivity contribution in [2.45, 2.75) is 30.3 Å². The van der Waals surface area contributed by atoms with E-state index in [1.54, 1.807) is 42.0 Å². The molecule has 0 saturated heterocycles. The first-order chi connectivity index (χ1) is 13.5. The number of methoxy groups -OCH3 is 1. The Balaban J connectivity index is 1.98. The van der Waals surface area contributed by atoms with Crippen molar-refractivity contribution in [2.75, 3.05) is 13.7 Å². The van der Waals surface area contributed by atoms with E-state index in [4.69, 9.17) is 16.3 Å². The van der Waals surface area contributed by atoms with Crippen molar-refractivity contribution in [1.82, 2.24) is 9.55 Å². The first-order valence-electron chi connectivity index (χ1n) is 8.96. The molecule has 1 heterocycles. The number of fused-ring (bicyclic) bond motifs is 1. The van der Waals surface area contributed by atoms with Crippen molar-refractivity contribution < 1.29 is 9.53 Å². The molecule has 0 N–H and O–H groups in total. The second-order valence-electron chi connectivity index (χ2n) is 6.35. The average Bonchev–Trinajstić information content (AvgIpc) is 2.70. The lowest BCUT2D eigenvalue weighted by Crippen LogP contribution is -2.25. The zero-order valence-corrected chi connectivity index (χ0v) is 17.3. The number of hydrogen-bond donors (Lipinski definition) is 0. The van der Waals surface area contributed by atoms with Gasteiger partial charge >= 0.3 is 0 Å². The lowest BCUT2D eigenvalue weighted by atomic mass is 10.1. The van der Waals surface area contributed by atoms with Crippen molar-refractivity contribution >= 4 is 40.0 Å². The molecule has 1 aromatic heterocycles. The van der Waals surface area contributed by atoms with E-state index in [2.05, 4.69) is 4.98 Å². The summed E-state index contributed by atoms with van der Waals surface area (Å²) in [5, 5.41) is 1.14. The summed E-state index contributed by atoms with van der Waals surface area (Å²) in [6.45, 7) is 2.83. The van der Waals surface area contributed by atoms with E-state index in [0.29, 0.717) is 46.2 Å². The van der Waals surface area contributed by atoms with Crippen LogP contribution in [0.5, 0.6) is 0 Å². The molecule has 0 aliphatic carbocycles. The predicted octanol–water partition coefficient (Wildman–Crippen LogP) is 4.45. The van der Waals surface area contributed by atoms with Crippen LogP contribution in [-0.4, -0.2) is 34.3 Å². The molecule has 0 saturated carbocycles. The summed E-state index contributed by atoms with van der Waals surface area (Å²) in [5.74, 6) is -0.00511. The summed E-state index contributed by atoms with van der Waals surface area (Å²) >= 11 is 7.36. The minimum atomic E-state index is -0.389. The highest BCUT2D eigenvalue weighted by molar-refractivity contribution is 8.00. The monoisotopic (exact) mass is 416 g/mol. The van der Waals surface area contributed by atoms with Crippen molar-refractivity contribution in [3.63, 3.8) is 0 Å². The second kappa shape index (κ2) is 9.37. The molecule has 0 fully saturated rings. The Bertz CT molecular complexity index is 1040. The first kappa shape index (κ1) is 20.6. The van der Waals surface area contributed by atoms with E-state index in [-0.39, 0.29) is 16.6 Å². The molecular formula is C21H21ClN2O3S. The van der Waals surface area contributed by atoms with E-state index in [1.807, 2.05) is 25.1 Å². The van der Waals surface area contributed by atoms with Crippen LogP contribution in [0.1, 0.15) is 23.7 Å². The number of ether oxygens (including phenoxy) is 1. The maximum absolute atomic E-state index is 13.0. The molecule has 146 valence electrons. The van der Waals surface area contributed by atoms with Gasteiger partial charge < -0.3 is 4.74 Å². The molecule has 0 spiro atoms. The Morgan fingerprint density at radius 2 is 2.00 bits per heavy atom. The number of aromatic nitrogens is 2. The molecule has 2 aromatic carbocycles. The Morgan fingerprint density at radius 1 is 1.25 bits per heavy atom. The number of benzene rings is 2. The van der Waals surface area contributed by atoms with E-state index in [1.165, 1.54) is 11.8 Å². The third-order valence-corrected chi connectivity index (χ3v) is 5.65. The molecule has 0 amide bonds. The van der Waals surface area contributed by atoms with E-state index in [9.17, 15) is 9.59 Å². The lowest BCUT2D eigenvalue weighted by Gasteiger charge is -2.16. The van der Waals surface area contributed by atoms with Crippen molar-refractivity contribution in [1.29, 1.82) is 0 Å². The van der Waals surface area contributed by atoms with Crippen molar-refractivity contribution in [3.05, 3.63) is 69.5 Å². The molecule has 28 heavy (non-hydrogen) atoms. The minimum absolute atomic E-state index is 0.00511. The van der Waals surface area contributed by atoms with Gasteiger partial charge in [0, 0.05) is 30.8 Å². The number of rotatable bonds is 8. The van der Waals surface area contributed by atoms with Gasteiger partial charge in [-0.3, -0.25) is 14.2 Å². The van der Waals surface area contributed by atoms with Crippen LogP contribution in [0.3, 0.4) is 0 Å². The second-order valence-corrected chi connectivity index (χ2v) is 8.09. The third-order valence-electron chi connectivity index (χ3n) is 4.32. The fourth-order valence-corrected chi connectivity index (χ4v) is 4.05. The fourth-order valence-electron chi connectivity index (χ4n) is 2.88. The Morgan fingerprint density at radius 3 is 2.71 bits per heavy atom. The SMILES string of the molecule is COCCCn1c(SC(C)C(=O)c2ccccc2)nc2cc(Cl)ccc2c1=O. The van der Waals surface area contributed by atoms with Crippen molar-refractivity contribution in [2.24, 2.45) is 0 Å². The maximum Gasteiger partial charge on any atom is 0.262 e. The van der Waals surface area contributed by atoms with E-state index in [0.717, 1.165) is 0 Å². The van der Waals surface area contributed by atoms with Crippen LogP contribution in [0.4, 0.5) is 0 Å². The van der Waals surface area contributed by atoms with Crippen LogP contribution in [-0.2, 0) is 11.3 Å². The van der Waals surface area contributed by atoms with Gasteiger partial charge in [-0.05, 0) is 31.5 Å². The summed E-state index contributed by atoms with van der Waals surface area (Å²) < 4.78 is 6.73. The summed E-state index contributed by atoms with van der Waals surface area (Å²) in [4.78, 5) is 30.4. The quantitative estimate of drug-likeness (QED) is 0.235. The van der Waals surface area contributed by atoms with Gasteiger partial charge in [-0.2, -0.15) is 0 Å². The normalized spacial score (nSPS) is 12.2. The highest BCUT2D eigenvalue weighted by Gasteiger charge is 2.20. The van der Waals surface area contributed by atoms with Gasteiger partial charge in [0.2, 0.25) is 0 Å². The summed E-state index contributed by atoms with van der Waals surface area (Å²) in [6.07, 6.45) is 0.672. The van der Waals surface area contributed by atoms with Gasteiger partial charge in [0.25, 0.3) is 5.56 Å². The highest BCUT2D eigenvalue weighted by atomic mass is 35.5. The molecule has 0 bridgehead atoms. The number of carbonyl (C=O) groups is 1. The number of hydrogen-bond acceptors (Lipinski definition) is 5. The third kappa shape index (κ3) is 4.63. The Labute approximate surface area is 172 Å². The Kier molecular flexibility index (Phi) is 6.88. The number of Topliss-reactive ketones (excluding diaryl/α,β-unsaturated/α-hetero) is 1. The van der Waals surface area contributed by atoms with Gasteiger partial charge in [0.15, 0.2) is 10.9 Å². The summed E-state index contributed by atoms with van der Waals surface area (Å²) in [6, 6.07) is 14.2. The van der Waals surface area contributed by atoms with Crippen LogP contribution >= 0.6 is 23.4 Å². The van der Waals surface area contributed by atoms with Gasteiger partial charge in [0.05, 0.1) is 16.2 Å². The smallest absolute Gasteiger partial charge is 0.262 e. The minimum Gasteiger partial charge on any atom is -0.385 e. The summed E-state index contributed by atoms with van der Waals surface area (Å²) in [5.41, 5.74) is 1.03. The van der Waals surface area contributed by atoms with Gasteiger partial charge in [0.1, 0.15) is 0 Å². The first-order valence-corrected chi connectivity index (χ1v) is 10.2. The van der Waals surface area contributed by atoms with Gasteiger partial charge in [-0.15, -0.1) is 0 Å². The number of thioether (sulfide) groups is 1. The molecule has 7 heteroatoms. The van der Waals surface area contributed by atoms with Gasteiger partial charge in [-0.25, -0.2) is 4.98 Å². The molecule has 3 aromatic rings. The molecule has 3 rings (SSSR count). The molecule has 0 aliphatic rings. The highest BCUT2D eigenvalue weighted by Crippen LogP contribution is 2.26. The number of ketones is 1. The standard InChI is InChI=1S/C21H21ClN2O3S/c1-14(19(25)15-7-4-3-5-8-15)28-21-23-18-13-16(22)9-10-17(18)20(26)24(21)11-6-12-27-2/h3-5,7-10,13-14H,6,11-12H2,1-2H3. The van der Waals surface area contributed by atoms with Crippen molar-refractivity contribution in [3.8, 4) is 0 Å². The van der Waals surface area contributed by atoms with Crippen LogP contribution in [0.15, 0.2) is 58.5 Å². The van der Waals surface area contributed by atoms with Crippen LogP contribution in [0, 0.1) is 0 Å². The molecule has 1 unspecified atom stereocenters. The van der Waals surface area contributed by atoms with E-state index >= 15 is 0 Å². The maximum atomic E-state index is 13.0. The lowest BCUT2D eigenvalue weighted by molar-refractivity contribution is 0.0994. The molecule has 0 aliphatic heterocycles. The number of halogens is 1. The Hall–Kier alpha value is -2.15. The number of nitrogens with zero attached hydrogens (tertiary/aromatic N) is 2. The predicted molar refractivity (Wildman–Crippen MR) is 114 cm³/mol. The average molecular weight is 417 g/mol. The molecule has 0 radical (unpaired) electrons. The van der Waals surface area contributed by atoms with Crippen LogP contribution in [0.2, 0.25) is 5.02 Å². The largest absolute Gasteiger partial charge is 0.385 e. The topological polar surface area (TPSA) is 61.2 Å². The van der Waals surface area contributed by atoms with Gasteiger partial charge in [-0.1, -0.05) is 53.7 Å². The van der Waals surface area contributed by atoms with Crippen LogP contribution in [0.25, 0.3) is 10.9 Å². The molecule has 1 atom stereocenters. The fraction of sp³-hybridized carbons (Fsp3) is 0.286. The zero-order valence-electron chi connectivity index (χ0n) is 15.7. The number of carbonyl (C=O) groups excluding carboxylic acids is 1.